The van der Waals surface area contributed by atoms with Gasteiger partial charge in [0.1, 0.15) is 0 Å². The number of hydrogen-bond acceptors (Lipinski definition) is 3. The molecule has 0 aliphatic heterocycles. The van der Waals surface area contributed by atoms with E-state index in [1.165, 1.54) is 7.11 Å². The maximum Gasteiger partial charge on any atom is 0.307 e. The fourth-order valence-corrected chi connectivity index (χ4v) is 1.42. The summed E-state index contributed by atoms with van der Waals surface area (Å²) in [6.45, 7) is 2.52. The Morgan fingerprint density at radius 2 is 2.07 bits per heavy atom. The molecule has 0 aromatic heterocycles. The molecule has 0 N–H and O–H groups in total. The van der Waals surface area contributed by atoms with Crippen molar-refractivity contribution in [2.75, 3.05) is 20.7 Å². The van der Waals surface area contributed by atoms with Gasteiger partial charge in [-0.05, 0) is 12.3 Å². The molecule has 1 rings (SSSR count). The van der Waals surface area contributed by atoms with Crippen molar-refractivity contribution >= 4 is 11.9 Å². The van der Waals surface area contributed by atoms with Crippen LogP contribution >= 0.6 is 0 Å². The predicted octanol–water partition coefficient (Wildman–Crippen LogP) is 0.664. The lowest BCUT2D eigenvalue weighted by molar-refractivity contribution is -0.141. The van der Waals surface area contributed by atoms with Crippen molar-refractivity contribution < 1.29 is 14.3 Å². The lowest BCUT2D eigenvalue weighted by Gasteiger charge is -2.16. The van der Waals surface area contributed by atoms with E-state index in [2.05, 4.69) is 11.7 Å². The Labute approximate surface area is 84.2 Å². The summed E-state index contributed by atoms with van der Waals surface area (Å²) in [5.41, 5.74) is 0. The second kappa shape index (κ2) is 4.44. The van der Waals surface area contributed by atoms with E-state index >= 15 is 0 Å². The SMILES string of the molecule is COC(=O)CCN(C)C(=O)C1CC1C. The number of carbonyl (C=O) groups is 2. The van der Waals surface area contributed by atoms with Crippen LogP contribution in [0, 0.1) is 11.8 Å². The van der Waals surface area contributed by atoms with Crippen molar-refractivity contribution in [2.45, 2.75) is 19.8 Å². The van der Waals surface area contributed by atoms with Crippen LogP contribution in [0.5, 0.6) is 0 Å². The number of esters is 1. The summed E-state index contributed by atoms with van der Waals surface area (Å²) in [6, 6.07) is 0. The molecule has 0 bridgehead atoms. The zero-order valence-electron chi connectivity index (χ0n) is 8.95. The van der Waals surface area contributed by atoms with E-state index < -0.39 is 0 Å². The Balaban J connectivity index is 2.24. The fraction of sp³-hybridized carbons (Fsp3) is 0.800. The third-order valence-corrected chi connectivity index (χ3v) is 2.68. The van der Waals surface area contributed by atoms with Gasteiger partial charge in [0, 0.05) is 19.5 Å². The van der Waals surface area contributed by atoms with Crippen molar-refractivity contribution in [3.63, 3.8) is 0 Å². The highest BCUT2D eigenvalue weighted by Crippen LogP contribution is 2.38. The van der Waals surface area contributed by atoms with E-state index in [0.29, 0.717) is 12.5 Å². The molecule has 0 saturated heterocycles. The number of amides is 1. The van der Waals surface area contributed by atoms with E-state index in [1.807, 2.05) is 0 Å². The average Bonchev–Trinajstić information content (AvgIpc) is 2.90. The highest BCUT2D eigenvalue weighted by molar-refractivity contribution is 5.81. The topological polar surface area (TPSA) is 46.6 Å². The minimum absolute atomic E-state index is 0.154. The number of nitrogens with zero attached hydrogens (tertiary/aromatic N) is 1. The van der Waals surface area contributed by atoms with Crippen LogP contribution in [0.25, 0.3) is 0 Å². The average molecular weight is 199 g/mol. The van der Waals surface area contributed by atoms with Crippen LogP contribution in [-0.2, 0) is 14.3 Å². The zero-order valence-corrected chi connectivity index (χ0v) is 8.95. The Morgan fingerprint density at radius 3 is 2.50 bits per heavy atom. The van der Waals surface area contributed by atoms with Crippen LogP contribution in [0.1, 0.15) is 19.8 Å². The smallest absolute Gasteiger partial charge is 0.307 e. The van der Waals surface area contributed by atoms with Gasteiger partial charge in [0.15, 0.2) is 0 Å². The lowest BCUT2D eigenvalue weighted by atomic mass is 10.3. The molecule has 80 valence electrons. The van der Waals surface area contributed by atoms with E-state index in [1.54, 1.807) is 11.9 Å². The van der Waals surface area contributed by atoms with Crippen LogP contribution < -0.4 is 0 Å². The predicted molar refractivity (Wildman–Crippen MR) is 51.5 cm³/mol. The Morgan fingerprint density at radius 1 is 1.50 bits per heavy atom. The standard InChI is InChI=1S/C10H17NO3/c1-7-6-8(7)10(13)11(2)5-4-9(12)14-3/h7-8H,4-6H2,1-3H3. The monoisotopic (exact) mass is 199 g/mol. The van der Waals surface area contributed by atoms with E-state index in [9.17, 15) is 9.59 Å². The van der Waals surface area contributed by atoms with Gasteiger partial charge in [-0.3, -0.25) is 9.59 Å². The molecule has 0 heterocycles. The van der Waals surface area contributed by atoms with Gasteiger partial charge in [0.2, 0.25) is 5.91 Å². The molecule has 4 heteroatoms. The third-order valence-electron chi connectivity index (χ3n) is 2.68. The molecule has 0 aromatic rings. The molecule has 0 radical (unpaired) electrons. The quantitative estimate of drug-likeness (QED) is 0.625. The summed E-state index contributed by atoms with van der Waals surface area (Å²) in [7, 11) is 3.09. The number of methoxy groups -OCH3 is 1. The van der Waals surface area contributed by atoms with Gasteiger partial charge >= 0.3 is 5.97 Å². The molecule has 1 aliphatic rings. The highest BCUT2D eigenvalue weighted by atomic mass is 16.5. The molecule has 14 heavy (non-hydrogen) atoms. The number of ether oxygens (including phenoxy) is 1. The van der Waals surface area contributed by atoms with Gasteiger partial charge in [-0.25, -0.2) is 0 Å². The first kappa shape index (κ1) is 11.0. The summed E-state index contributed by atoms with van der Waals surface area (Å²) in [5.74, 6) is 0.593. The van der Waals surface area contributed by atoms with E-state index in [-0.39, 0.29) is 24.2 Å². The van der Waals surface area contributed by atoms with Crippen molar-refractivity contribution in [1.29, 1.82) is 0 Å². The molecule has 1 saturated carbocycles. The van der Waals surface area contributed by atoms with Gasteiger partial charge < -0.3 is 9.64 Å². The summed E-state index contributed by atoms with van der Waals surface area (Å²) in [6.07, 6.45) is 1.27. The van der Waals surface area contributed by atoms with E-state index in [4.69, 9.17) is 0 Å². The first-order valence-electron chi connectivity index (χ1n) is 4.88. The van der Waals surface area contributed by atoms with Crippen LogP contribution in [0.3, 0.4) is 0 Å². The number of hydrogen-bond donors (Lipinski definition) is 0. The molecule has 1 aliphatic carbocycles. The molecular formula is C10H17NO3. The first-order chi connectivity index (χ1) is 6.56. The maximum atomic E-state index is 11.6. The summed E-state index contributed by atoms with van der Waals surface area (Å²) >= 11 is 0. The molecule has 0 spiro atoms. The minimum Gasteiger partial charge on any atom is -0.469 e. The highest BCUT2D eigenvalue weighted by Gasteiger charge is 2.40. The van der Waals surface area contributed by atoms with E-state index in [0.717, 1.165) is 6.42 Å². The summed E-state index contributed by atoms with van der Waals surface area (Å²) in [4.78, 5) is 24.0. The maximum absolute atomic E-state index is 11.6. The van der Waals surface area contributed by atoms with Gasteiger partial charge in [-0.1, -0.05) is 6.92 Å². The first-order valence-corrected chi connectivity index (χ1v) is 4.88. The fourth-order valence-electron chi connectivity index (χ4n) is 1.42. The molecule has 0 aromatic carbocycles. The number of rotatable bonds is 4. The van der Waals surface area contributed by atoms with Crippen molar-refractivity contribution in [3.8, 4) is 0 Å². The van der Waals surface area contributed by atoms with Crippen molar-refractivity contribution in [2.24, 2.45) is 11.8 Å². The van der Waals surface area contributed by atoms with Crippen molar-refractivity contribution in [3.05, 3.63) is 0 Å². The molecule has 1 fully saturated rings. The second-order valence-corrected chi connectivity index (χ2v) is 3.91. The number of carbonyl (C=O) groups excluding carboxylic acids is 2. The molecule has 2 unspecified atom stereocenters. The Bertz CT molecular complexity index is 240. The van der Waals surface area contributed by atoms with Gasteiger partial charge in [0.25, 0.3) is 0 Å². The molecule has 4 nitrogen and oxygen atoms in total. The molecule has 2 atom stereocenters. The largest absolute Gasteiger partial charge is 0.469 e. The van der Waals surface area contributed by atoms with Gasteiger partial charge in [-0.2, -0.15) is 0 Å². The van der Waals surface area contributed by atoms with Crippen LogP contribution in [0.2, 0.25) is 0 Å². The molecular weight excluding hydrogens is 182 g/mol. The second-order valence-electron chi connectivity index (χ2n) is 3.91. The third kappa shape index (κ3) is 2.72. The lowest BCUT2D eigenvalue weighted by Crippen LogP contribution is -2.30. The van der Waals surface area contributed by atoms with Gasteiger partial charge in [-0.15, -0.1) is 0 Å². The van der Waals surface area contributed by atoms with Crippen molar-refractivity contribution in [1.82, 2.24) is 4.90 Å². The van der Waals surface area contributed by atoms with Crippen LogP contribution in [0.15, 0.2) is 0 Å². The van der Waals surface area contributed by atoms with Crippen LogP contribution in [-0.4, -0.2) is 37.5 Å². The normalized spacial score (nSPS) is 24.2. The minimum atomic E-state index is -0.270. The van der Waals surface area contributed by atoms with Crippen LogP contribution in [0.4, 0.5) is 0 Å². The van der Waals surface area contributed by atoms with Gasteiger partial charge in [0.05, 0.1) is 13.5 Å². The molecule has 1 amide bonds. The Hall–Kier alpha value is -1.06. The zero-order chi connectivity index (χ0) is 10.7. The summed E-state index contributed by atoms with van der Waals surface area (Å²) < 4.78 is 4.50. The summed E-state index contributed by atoms with van der Waals surface area (Å²) in [5, 5.41) is 0. The Kier molecular flexibility index (Phi) is 3.49.